The Morgan fingerprint density at radius 1 is 1.27 bits per heavy atom. The zero-order valence-corrected chi connectivity index (χ0v) is 12.8. The molecule has 116 valence electrons. The summed E-state index contributed by atoms with van der Waals surface area (Å²) in [5.74, 6) is 0.684. The minimum atomic E-state index is -0.408. The van der Waals surface area contributed by atoms with Gasteiger partial charge in [-0.25, -0.2) is 0 Å². The smallest absolute Gasteiger partial charge is 0.226 e. The minimum Gasteiger partial charge on any atom is -0.502 e. The Hall–Kier alpha value is -2.43. The molecule has 0 bridgehead atoms. The van der Waals surface area contributed by atoms with Crippen molar-refractivity contribution in [2.24, 2.45) is 5.92 Å². The lowest BCUT2D eigenvalue weighted by molar-refractivity contribution is 0.409. The van der Waals surface area contributed by atoms with Gasteiger partial charge in [-0.1, -0.05) is 19.1 Å². The van der Waals surface area contributed by atoms with Crippen LogP contribution in [0.2, 0.25) is 0 Å². The Labute approximate surface area is 129 Å². The second kappa shape index (κ2) is 5.75. The molecule has 0 spiro atoms. The van der Waals surface area contributed by atoms with E-state index in [0.717, 1.165) is 25.0 Å². The maximum Gasteiger partial charge on any atom is 0.226 e. The number of fused-ring (bicyclic) bond motifs is 1. The van der Waals surface area contributed by atoms with Crippen molar-refractivity contribution in [1.82, 2.24) is 0 Å². The first-order valence-electron chi connectivity index (χ1n) is 7.40. The maximum absolute atomic E-state index is 11.6. The molecular weight excluding hydrogens is 280 g/mol. The van der Waals surface area contributed by atoms with Gasteiger partial charge < -0.3 is 19.3 Å². The highest BCUT2D eigenvalue weighted by Crippen LogP contribution is 2.33. The van der Waals surface area contributed by atoms with E-state index in [0.29, 0.717) is 18.2 Å². The topological polar surface area (TPSA) is 56.9 Å². The zero-order chi connectivity index (χ0) is 15.7. The lowest BCUT2D eigenvalue weighted by atomic mass is 10.1. The fraction of sp³-hybridized carbons (Fsp3) is 0.353. The fourth-order valence-corrected chi connectivity index (χ4v) is 3.02. The Bertz CT molecular complexity index is 726. The van der Waals surface area contributed by atoms with Crippen molar-refractivity contribution >= 4 is 11.4 Å². The summed E-state index contributed by atoms with van der Waals surface area (Å²) in [6.07, 6.45) is 1.11. The first-order chi connectivity index (χ1) is 10.5. The van der Waals surface area contributed by atoms with Crippen molar-refractivity contribution < 1.29 is 9.52 Å². The molecule has 1 aromatic heterocycles. The first-order valence-corrected chi connectivity index (χ1v) is 7.40. The van der Waals surface area contributed by atoms with Crippen molar-refractivity contribution in [2.75, 3.05) is 29.9 Å². The molecule has 22 heavy (non-hydrogen) atoms. The van der Waals surface area contributed by atoms with E-state index in [1.54, 1.807) is 0 Å². The second-order valence-corrected chi connectivity index (χ2v) is 5.95. The van der Waals surface area contributed by atoms with Crippen molar-refractivity contribution in [1.29, 1.82) is 0 Å². The van der Waals surface area contributed by atoms with Gasteiger partial charge in [-0.05, 0) is 18.1 Å². The molecule has 0 saturated carbocycles. The van der Waals surface area contributed by atoms with Crippen LogP contribution in [-0.4, -0.2) is 25.2 Å². The fourth-order valence-electron chi connectivity index (χ4n) is 3.02. The van der Waals surface area contributed by atoms with Crippen LogP contribution in [0.15, 0.2) is 45.8 Å². The first kappa shape index (κ1) is 14.5. The normalized spacial score (nSPS) is 18.0. The van der Waals surface area contributed by atoms with E-state index in [2.05, 4.69) is 35.9 Å². The standard InChI is InChI=1S/C17H20N2O3/c1-12-8-18(2)14-5-3-4-6-15(14)19(9-12)10-13-7-16(20)17(21)11-22-13/h3-7,11-12,21H,8-10H2,1-2H3/t12-/m1/s1. The Morgan fingerprint density at radius 2 is 2.00 bits per heavy atom. The van der Waals surface area contributed by atoms with E-state index in [4.69, 9.17) is 4.42 Å². The summed E-state index contributed by atoms with van der Waals surface area (Å²) < 4.78 is 5.35. The van der Waals surface area contributed by atoms with Gasteiger partial charge in [-0.15, -0.1) is 0 Å². The predicted octanol–water partition coefficient (Wildman–Crippen LogP) is 2.44. The van der Waals surface area contributed by atoms with E-state index < -0.39 is 5.43 Å². The van der Waals surface area contributed by atoms with E-state index >= 15 is 0 Å². The lowest BCUT2D eigenvalue weighted by Gasteiger charge is -2.25. The molecule has 2 aromatic rings. The summed E-state index contributed by atoms with van der Waals surface area (Å²) in [5, 5.41) is 9.30. The molecule has 0 saturated heterocycles. The van der Waals surface area contributed by atoms with Gasteiger partial charge in [0.05, 0.1) is 17.9 Å². The van der Waals surface area contributed by atoms with Crippen LogP contribution in [-0.2, 0) is 6.54 Å². The number of para-hydroxylation sites is 2. The Kier molecular flexibility index (Phi) is 3.79. The van der Waals surface area contributed by atoms with Crippen LogP contribution in [0.5, 0.6) is 5.75 Å². The largest absolute Gasteiger partial charge is 0.502 e. The molecule has 0 aliphatic carbocycles. The number of aromatic hydroxyl groups is 1. The van der Waals surface area contributed by atoms with Gasteiger partial charge in [-0.3, -0.25) is 4.79 Å². The molecule has 5 heteroatoms. The monoisotopic (exact) mass is 300 g/mol. The number of hydrogen-bond donors (Lipinski definition) is 1. The van der Waals surface area contributed by atoms with E-state index in [1.165, 1.54) is 11.8 Å². The SMILES string of the molecule is C[C@@H]1CN(C)c2ccccc2N(Cc2cc(=O)c(O)co2)C1. The van der Waals surface area contributed by atoms with Crippen LogP contribution in [0, 0.1) is 5.92 Å². The van der Waals surface area contributed by atoms with Crippen LogP contribution >= 0.6 is 0 Å². The van der Waals surface area contributed by atoms with E-state index in [-0.39, 0.29) is 5.75 Å². The molecule has 1 N–H and O–H groups in total. The van der Waals surface area contributed by atoms with Gasteiger partial charge in [0.15, 0.2) is 5.75 Å². The summed E-state index contributed by atoms with van der Waals surface area (Å²) in [6, 6.07) is 9.60. The highest BCUT2D eigenvalue weighted by molar-refractivity contribution is 5.71. The molecule has 1 aromatic carbocycles. The van der Waals surface area contributed by atoms with Crippen molar-refractivity contribution in [3.8, 4) is 5.75 Å². The lowest BCUT2D eigenvalue weighted by Crippen LogP contribution is -2.29. The van der Waals surface area contributed by atoms with E-state index in [1.807, 2.05) is 12.1 Å². The molecule has 3 rings (SSSR count). The average molecular weight is 300 g/mol. The molecule has 5 nitrogen and oxygen atoms in total. The number of anilines is 2. The summed E-state index contributed by atoms with van der Waals surface area (Å²) in [6.45, 7) is 4.58. The molecular formula is C17H20N2O3. The molecule has 0 unspecified atom stereocenters. The third-order valence-electron chi connectivity index (χ3n) is 3.96. The Morgan fingerprint density at radius 3 is 2.73 bits per heavy atom. The van der Waals surface area contributed by atoms with Crippen LogP contribution in [0.4, 0.5) is 11.4 Å². The third kappa shape index (κ3) is 2.79. The summed E-state index contributed by atoms with van der Waals surface area (Å²) in [4.78, 5) is 16.1. The predicted molar refractivity (Wildman–Crippen MR) is 86.6 cm³/mol. The molecule has 1 atom stereocenters. The van der Waals surface area contributed by atoms with Crippen molar-refractivity contribution in [3.63, 3.8) is 0 Å². The van der Waals surface area contributed by atoms with Crippen molar-refractivity contribution in [2.45, 2.75) is 13.5 Å². The summed E-state index contributed by atoms with van der Waals surface area (Å²) >= 11 is 0. The zero-order valence-electron chi connectivity index (χ0n) is 12.8. The van der Waals surface area contributed by atoms with E-state index in [9.17, 15) is 9.90 Å². The van der Waals surface area contributed by atoms with Crippen LogP contribution in [0.1, 0.15) is 12.7 Å². The third-order valence-corrected chi connectivity index (χ3v) is 3.96. The maximum atomic E-state index is 11.6. The number of hydrogen-bond acceptors (Lipinski definition) is 5. The van der Waals surface area contributed by atoms with Crippen molar-refractivity contribution in [3.05, 3.63) is 52.6 Å². The van der Waals surface area contributed by atoms with Crippen LogP contribution in [0.3, 0.4) is 0 Å². The molecule has 1 aliphatic heterocycles. The van der Waals surface area contributed by atoms with Gasteiger partial charge in [0.2, 0.25) is 5.43 Å². The number of benzene rings is 1. The Balaban J connectivity index is 1.95. The summed E-state index contributed by atoms with van der Waals surface area (Å²) in [7, 11) is 2.10. The van der Waals surface area contributed by atoms with Crippen LogP contribution in [0.25, 0.3) is 0 Å². The molecule has 1 aliphatic rings. The summed E-state index contributed by atoms with van der Waals surface area (Å²) in [5.41, 5.74) is 1.90. The van der Waals surface area contributed by atoms with Gasteiger partial charge in [0.25, 0.3) is 0 Å². The van der Waals surface area contributed by atoms with Gasteiger partial charge in [0.1, 0.15) is 12.0 Å². The molecule has 0 amide bonds. The van der Waals surface area contributed by atoms with Gasteiger partial charge in [-0.2, -0.15) is 0 Å². The average Bonchev–Trinajstić information content (AvgIpc) is 2.61. The highest BCUT2D eigenvalue weighted by atomic mass is 16.4. The molecule has 2 heterocycles. The minimum absolute atomic E-state index is 0.354. The number of rotatable bonds is 2. The van der Waals surface area contributed by atoms with Gasteiger partial charge in [0, 0.05) is 26.2 Å². The molecule has 0 fully saturated rings. The van der Waals surface area contributed by atoms with Crippen LogP contribution < -0.4 is 15.2 Å². The van der Waals surface area contributed by atoms with Gasteiger partial charge >= 0.3 is 0 Å². The number of nitrogens with zero attached hydrogens (tertiary/aromatic N) is 2. The second-order valence-electron chi connectivity index (χ2n) is 5.95. The quantitative estimate of drug-likeness (QED) is 0.923. The molecule has 0 radical (unpaired) electrons. The highest BCUT2D eigenvalue weighted by Gasteiger charge is 2.22.